The zero-order chi connectivity index (χ0) is 24.4. The molecule has 1 amide bonds. The maximum absolute atomic E-state index is 13.2. The minimum atomic E-state index is -0.250. The van der Waals surface area contributed by atoms with E-state index in [0.717, 1.165) is 61.3 Å². The van der Waals surface area contributed by atoms with Crippen molar-refractivity contribution in [2.24, 2.45) is 5.92 Å². The molecule has 1 atom stereocenters. The average Bonchev–Trinajstić information content (AvgIpc) is 3.21. The van der Waals surface area contributed by atoms with Gasteiger partial charge in [0.25, 0.3) is 5.91 Å². The number of amides is 1. The summed E-state index contributed by atoms with van der Waals surface area (Å²) in [6, 6.07) is 16.2. The number of likely N-dealkylation sites (tertiary alicyclic amines) is 1. The van der Waals surface area contributed by atoms with E-state index in [1.54, 1.807) is 6.07 Å². The molecule has 1 aliphatic carbocycles. The Morgan fingerprint density at radius 3 is 2.57 bits per heavy atom. The molecule has 0 spiro atoms. The number of carbonyl (C=O) groups excluding carboxylic acids is 2. The van der Waals surface area contributed by atoms with E-state index in [1.807, 2.05) is 26.0 Å². The number of piperidine rings is 1. The van der Waals surface area contributed by atoms with Gasteiger partial charge in [-0.25, -0.2) is 0 Å². The molecule has 1 N–H and O–H groups in total. The molecule has 6 nitrogen and oxygen atoms in total. The third-order valence-electron chi connectivity index (χ3n) is 7.80. The van der Waals surface area contributed by atoms with Gasteiger partial charge in [-0.05, 0) is 94.8 Å². The van der Waals surface area contributed by atoms with Crippen LogP contribution in [0.4, 0.5) is 5.88 Å². The number of hydrogen-bond donors (Lipinski definition) is 1. The monoisotopic (exact) mass is 471 g/mol. The lowest BCUT2D eigenvalue weighted by Crippen LogP contribution is -2.35. The number of fused-ring (bicyclic) bond motifs is 1. The van der Waals surface area contributed by atoms with Crippen LogP contribution in [0.3, 0.4) is 0 Å². The van der Waals surface area contributed by atoms with Gasteiger partial charge in [-0.1, -0.05) is 41.6 Å². The number of benzene rings is 2. The van der Waals surface area contributed by atoms with Crippen molar-refractivity contribution in [3.63, 3.8) is 0 Å². The maximum atomic E-state index is 13.2. The first kappa shape index (κ1) is 23.5. The van der Waals surface area contributed by atoms with Crippen molar-refractivity contribution in [1.29, 1.82) is 0 Å². The topological polar surface area (TPSA) is 75.4 Å². The van der Waals surface area contributed by atoms with Crippen molar-refractivity contribution >= 4 is 17.6 Å². The molecule has 1 unspecified atom stereocenters. The van der Waals surface area contributed by atoms with Gasteiger partial charge in [-0.2, -0.15) is 0 Å². The van der Waals surface area contributed by atoms with Gasteiger partial charge in [0.2, 0.25) is 5.88 Å². The van der Waals surface area contributed by atoms with Crippen molar-refractivity contribution in [3.8, 4) is 0 Å². The molecule has 0 saturated carbocycles. The second kappa shape index (κ2) is 10.2. The van der Waals surface area contributed by atoms with Gasteiger partial charge in [0.15, 0.2) is 5.78 Å². The lowest BCUT2D eigenvalue weighted by molar-refractivity contribution is 0.0876. The molecule has 3 aromatic rings. The number of ketones is 1. The molecule has 2 aromatic carbocycles. The van der Waals surface area contributed by atoms with E-state index >= 15 is 0 Å². The Hall–Kier alpha value is -3.25. The van der Waals surface area contributed by atoms with Gasteiger partial charge < -0.3 is 9.42 Å². The van der Waals surface area contributed by atoms with Gasteiger partial charge in [0.1, 0.15) is 0 Å². The lowest BCUT2D eigenvalue weighted by atomic mass is 9.80. The predicted molar refractivity (Wildman–Crippen MR) is 136 cm³/mol. The first-order valence-corrected chi connectivity index (χ1v) is 12.7. The summed E-state index contributed by atoms with van der Waals surface area (Å²) in [4.78, 5) is 28.4. The highest BCUT2D eigenvalue weighted by molar-refractivity contribution is 6.06. The average molecular weight is 472 g/mol. The van der Waals surface area contributed by atoms with Gasteiger partial charge in [0.05, 0.1) is 5.69 Å². The van der Waals surface area contributed by atoms with Crippen LogP contribution in [0.2, 0.25) is 0 Å². The Bertz CT molecular complexity index is 1210. The Labute approximate surface area is 206 Å². The number of anilines is 1. The molecule has 0 bridgehead atoms. The van der Waals surface area contributed by atoms with Crippen molar-refractivity contribution in [2.45, 2.75) is 51.9 Å². The molecule has 1 saturated heterocycles. The van der Waals surface area contributed by atoms with Crippen LogP contribution in [0.25, 0.3) is 0 Å². The third-order valence-corrected chi connectivity index (χ3v) is 7.80. The molecule has 6 heteroatoms. The first-order valence-electron chi connectivity index (χ1n) is 12.7. The number of hydrogen-bond acceptors (Lipinski definition) is 5. The smallest absolute Gasteiger partial charge is 0.258 e. The zero-order valence-electron chi connectivity index (χ0n) is 20.5. The molecule has 1 aliphatic heterocycles. The van der Waals surface area contributed by atoms with Crippen LogP contribution in [-0.4, -0.2) is 41.4 Å². The Kier molecular flexibility index (Phi) is 6.82. The number of nitrogens with zero attached hydrogens (tertiary/aromatic N) is 2. The lowest BCUT2D eigenvalue weighted by Gasteiger charge is -2.33. The standard InChI is InChI=1S/C29H33N3O3/c1-19-20(2)31-35-29(19)30-28(34)25-10-11-26-24(18-25)9-8-23(27(26)33)14-17-32-15-12-22(13-16-32)21-6-4-3-5-7-21/h3-7,10-11,18,22-23H,8-9,12-17H2,1-2H3,(H,30,34). The summed E-state index contributed by atoms with van der Waals surface area (Å²) in [5.74, 6) is 1.06. The second-order valence-electron chi connectivity index (χ2n) is 9.96. The van der Waals surface area contributed by atoms with Crippen LogP contribution in [0, 0.1) is 19.8 Å². The number of aromatic nitrogens is 1. The summed E-state index contributed by atoms with van der Waals surface area (Å²) in [5, 5.41) is 6.67. The first-order chi connectivity index (χ1) is 17.0. The van der Waals surface area contributed by atoms with E-state index < -0.39 is 0 Å². The molecule has 5 rings (SSSR count). The molecule has 35 heavy (non-hydrogen) atoms. The Morgan fingerprint density at radius 1 is 1.09 bits per heavy atom. The number of Topliss-reactive ketones (excluding diaryl/α,β-unsaturated/α-hetero) is 1. The summed E-state index contributed by atoms with van der Waals surface area (Å²) in [5.41, 5.74) is 5.29. The molecule has 1 fully saturated rings. The molecule has 2 aliphatic rings. The minimum Gasteiger partial charge on any atom is -0.338 e. The number of aryl methyl sites for hydroxylation is 2. The number of nitrogens with one attached hydrogen (secondary N) is 1. The normalized spacial score (nSPS) is 18.9. The number of carbonyl (C=O) groups is 2. The highest BCUT2D eigenvalue weighted by atomic mass is 16.5. The Balaban J connectivity index is 1.15. The fourth-order valence-electron chi connectivity index (χ4n) is 5.40. The van der Waals surface area contributed by atoms with Crippen molar-refractivity contribution < 1.29 is 14.1 Å². The van der Waals surface area contributed by atoms with E-state index in [9.17, 15) is 9.59 Å². The van der Waals surface area contributed by atoms with E-state index in [-0.39, 0.29) is 17.6 Å². The van der Waals surface area contributed by atoms with Crippen LogP contribution in [0.5, 0.6) is 0 Å². The highest BCUT2D eigenvalue weighted by Gasteiger charge is 2.29. The number of rotatable bonds is 6. The van der Waals surface area contributed by atoms with Gasteiger partial charge in [0, 0.05) is 22.6 Å². The molecule has 2 heterocycles. The van der Waals surface area contributed by atoms with E-state index in [1.165, 1.54) is 18.4 Å². The van der Waals surface area contributed by atoms with Crippen LogP contribution in [0.15, 0.2) is 53.1 Å². The predicted octanol–water partition coefficient (Wildman–Crippen LogP) is 5.56. The summed E-state index contributed by atoms with van der Waals surface area (Å²) >= 11 is 0. The van der Waals surface area contributed by atoms with Crippen LogP contribution < -0.4 is 5.32 Å². The SMILES string of the molecule is Cc1noc(NC(=O)c2ccc3c(c2)CCC(CCN2CCC(c4ccccc4)CC2)C3=O)c1C. The van der Waals surface area contributed by atoms with Crippen molar-refractivity contribution in [2.75, 3.05) is 25.0 Å². The van der Waals surface area contributed by atoms with Crippen LogP contribution >= 0.6 is 0 Å². The molecular weight excluding hydrogens is 438 g/mol. The largest absolute Gasteiger partial charge is 0.338 e. The molecule has 182 valence electrons. The molecule has 1 aromatic heterocycles. The van der Waals surface area contributed by atoms with Gasteiger partial charge in [-0.15, -0.1) is 0 Å². The fraction of sp³-hybridized carbons (Fsp3) is 0.414. The second-order valence-corrected chi connectivity index (χ2v) is 9.96. The molecular formula is C29H33N3O3. The van der Waals surface area contributed by atoms with Crippen LogP contribution in [-0.2, 0) is 6.42 Å². The fourth-order valence-corrected chi connectivity index (χ4v) is 5.40. The summed E-state index contributed by atoms with van der Waals surface area (Å²) in [6.45, 7) is 6.86. The Morgan fingerprint density at radius 2 is 1.86 bits per heavy atom. The highest BCUT2D eigenvalue weighted by Crippen LogP contribution is 2.31. The van der Waals surface area contributed by atoms with Crippen molar-refractivity contribution in [1.82, 2.24) is 10.1 Å². The van der Waals surface area contributed by atoms with Crippen LogP contribution in [0.1, 0.15) is 74.7 Å². The summed E-state index contributed by atoms with van der Waals surface area (Å²) in [6.07, 6.45) is 4.94. The molecule has 0 radical (unpaired) electrons. The maximum Gasteiger partial charge on any atom is 0.258 e. The zero-order valence-corrected chi connectivity index (χ0v) is 20.5. The third kappa shape index (κ3) is 5.08. The summed E-state index contributed by atoms with van der Waals surface area (Å²) < 4.78 is 5.20. The summed E-state index contributed by atoms with van der Waals surface area (Å²) in [7, 11) is 0. The van der Waals surface area contributed by atoms with Gasteiger partial charge in [-0.3, -0.25) is 14.9 Å². The quantitative estimate of drug-likeness (QED) is 0.510. The van der Waals surface area contributed by atoms with E-state index in [2.05, 4.69) is 45.7 Å². The van der Waals surface area contributed by atoms with Gasteiger partial charge >= 0.3 is 0 Å². The van der Waals surface area contributed by atoms with E-state index in [0.29, 0.717) is 17.4 Å². The minimum absolute atomic E-state index is 0.0637. The van der Waals surface area contributed by atoms with E-state index in [4.69, 9.17) is 4.52 Å². The van der Waals surface area contributed by atoms with Crippen molar-refractivity contribution in [3.05, 3.63) is 82.0 Å².